The summed E-state index contributed by atoms with van der Waals surface area (Å²) in [4.78, 5) is 4.67. The number of piperazine rings is 1. The fourth-order valence-corrected chi connectivity index (χ4v) is 2.88. The molecular weight excluding hydrogens is 288 g/mol. The van der Waals surface area contributed by atoms with Gasteiger partial charge in [-0.1, -0.05) is 0 Å². The van der Waals surface area contributed by atoms with Crippen molar-refractivity contribution >= 4 is 17.1 Å². The van der Waals surface area contributed by atoms with Crippen LogP contribution in [0.4, 0.5) is 17.1 Å². The Hall–Kier alpha value is -2.87. The van der Waals surface area contributed by atoms with Crippen LogP contribution in [0.25, 0.3) is 0 Å². The lowest BCUT2D eigenvalue weighted by molar-refractivity contribution is 0.413. The van der Waals surface area contributed by atoms with Crippen molar-refractivity contribution in [3.05, 3.63) is 48.0 Å². The Balaban J connectivity index is 1.69. The second-order valence-electron chi connectivity index (χ2n) is 5.56. The predicted octanol–water partition coefficient (Wildman–Crippen LogP) is 2.48. The maximum absolute atomic E-state index is 9.07. The van der Waals surface area contributed by atoms with Gasteiger partial charge in [0.1, 0.15) is 11.8 Å². The van der Waals surface area contributed by atoms with Crippen LogP contribution in [0.5, 0.6) is 5.75 Å². The molecule has 23 heavy (non-hydrogen) atoms. The van der Waals surface area contributed by atoms with E-state index in [1.54, 1.807) is 7.11 Å². The van der Waals surface area contributed by atoms with Crippen LogP contribution in [-0.2, 0) is 0 Å². The Morgan fingerprint density at radius 2 is 1.52 bits per heavy atom. The quantitative estimate of drug-likeness (QED) is 0.882. The molecule has 0 saturated carbocycles. The van der Waals surface area contributed by atoms with E-state index in [-0.39, 0.29) is 0 Å². The molecule has 2 aromatic rings. The van der Waals surface area contributed by atoms with Gasteiger partial charge in [0.2, 0.25) is 0 Å². The number of nitrogens with two attached hydrogens (primary N) is 1. The number of hydrogen-bond acceptors (Lipinski definition) is 5. The molecule has 0 amide bonds. The van der Waals surface area contributed by atoms with E-state index in [0.29, 0.717) is 11.3 Å². The summed E-state index contributed by atoms with van der Waals surface area (Å²) in [5.41, 5.74) is 9.40. The number of methoxy groups -OCH3 is 1. The minimum absolute atomic E-state index is 0.566. The minimum Gasteiger partial charge on any atom is -0.495 e. The number of nitrogens with zero attached hydrogens (tertiary/aromatic N) is 3. The third-order valence-electron chi connectivity index (χ3n) is 4.21. The summed E-state index contributed by atoms with van der Waals surface area (Å²) in [6.45, 7) is 3.76. The molecule has 0 unspecified atom stereocenters. The van der Waals surface area contributed by atoms with Crippen molar-refractivity contribution in [2.75, 3.05) is 48.8 Å². The van der Waals surface area contributed by atoms with Crippen LogP contribution in [0.2, 0.25) is 0 Å². The largest absolute Gasteiger partial charge is 0.495 e. The number of rotatable bonds is 3. The summed E-state index contributed by atoms with van der Waals surface area (Å²) in [5.74, 6) is 0.631. The SMILES string of the molecule is COc1cc(N2CCN(c3ccc(N)cc3)CC2)ccc1C#N. The van der Waals surface area contributed by atoms with Crippen LogP contribution < -0.4 is 20.3 Å². The summed E-state index contributed by atoms with van der Waals surface area (Å²) in [6.07, 6.45) is 0. The Morgan fingerprint density at radius 1 is 0.957 bits per heavy atom. The average Bonchev–Trinajstić information content (AvgIpc) is 2.62. The first-order valence-electron chi connectivity index (χ1n) is 7.65. The lowest BCUT2D eigenvalue weighted by atomic mass is 10.1. The highest BCUT2D eigenvalue weighted by Gasteiger charge is 2.18. The predicted molar refractivity (Wildman–Crippen MR) is 93.0 cm³/mol. The smallest absolute Gasteiger partial charge is 0.138 e. The van der Waals surface area contributed by atoms with E-state index in [4.69, 9.17) is 15.7 Å². The Labute approximate surface area is 136 Å². The summed E-state index contributed by atoms with van der Waals surface area (Å²) >= 11 is 0. The van der Waals surface area contributed by atoms with Gasteiger partial charge in [-0.25, -0.2) is 0 Å². The molecule has 3 rings (SSSR count). The molecule has 0 bridgehead atoms. The highest BCUT2D eigenvalue weighted by molar-refractivity contribution is 5.59. The average molecular weight is 308 g/mol. The fourth-order valence-electron chi connectivity index (χ4n) is 2.88. The molecule has 1 saturated heterocycles. The molecule has 1 heterocycles. The van der Waals surface area contributed by atoms with Gasteiger partial charge in [-0.3, -0.25) is 0 Å². The highest BCUT2D eigenvalue weighted by Crippen LogP contribution is 2.27. The zero-order valence-corrected chi connectivity index (χ0v) is 13.2. The van der Waals surface area contributed by atoms with Gasteiger partial charge < -0.3 is 20.3 Å². The van der Waals surface area contributed by atoms with Crippen LogP contribution in [0.1, 0.15) is 5.56 Å². The molecular formula is C18H20N4O. The first-order valence-corrected chi connectivity index (χ1v) is 7.65. The zero-order chi connectivity index (χ0) is 16.2. The molecule has 118 valence electrons. The molecule has 0 aliphatic carbocycles. The van der Waals surface area contributed by atoms with Crippen molar-refractivity contribution in [2.24, 2.45) is 0 Å². The van der Waals surface area contributed by atoms with E-state index in [1.807, 2.05) is 30.3 Å². The molecule has 1 aliphatic rings. The van der Waals surface area contributed by atoms with Gasteiger partial charge >= 0.3 is 0 Å². The maximum Gasteiger partial charge on any atom is 0.138 e. The first kappa shape index (κ1) is 15.0. The normalized spacial score (nSPS) is 14.4. The Kier molecular flexibility index (Phi) is 4.24. The summed E-state index contributed by atoms with van der Waals surface area (Å²) < 4.78 is 5.30. The standard InChI is InChI=1S/C18H20N4O/c1-23-18-12-17(5-2-14(18)13-19)22-10-8-21(9-11-22)16-6-3-15(20)4-7-16/h2-7,12H,8-11,20H2,1H3. The van der Waals surface area contributed by atoms with Crippen molar-refractivity contribution in [3.63, 3.8) is 0 Å². The second-order valence-corrected chi connectivity index (χ2v) is 5.56. The van der Waals surface area contributed by atoms with Gasteiger partial charge in [-0.05, 0) is 36.4 Å². The number of nitrogen functional groups attached to an aromatic ring is 1. The molecule has 0 spiro atoms. The highest BCUT2D eigenvalue weighted by atomic mass is 16.5. The van der Waals surface area contributed by atoms with Gasteiger partial charge in [-0.2, -0.15) is 5.26 Å². The topological polar surface area (TPSA) is 65.5 Å². The van der Waals surface area contributed by atoms with Crippen LogP contribution >= 0.6 is 0 Å². The van der Waals surface area contributed by atoms with E-state index in [1.165, 1.54) is 5.69 Å². The lowest BCUT2D eigenvalue weighted by Gasteiger charge is -2.37. The van der Waals surface area contributed by atoms with Gasteiger partial charge in [0.15, 0.2) is 0 Å². The van der Waals surface area contributed by atoms with E-state index < -0.39 is 0 Å². The van der Waals surface area contributed by atoms with Gasteiger partial charge in [0.25, 0.3) is 0 Å². The fraction of sp³-hybridized carbons (Fsp3) is 0.278. The third-order valence-corrected chi connectivity index (χ3v) is 4.21. The van der Waals surface area contributed by atoms with E-state index in [2.05, 4.69) is 28.0 Å². The number of ether oxygens (including phenoxy) is 1. The molecule has 0 aromatic heterocycles. The van der Waals surface area contributed by atoms with Gasteiger partial charge in [0, 0.05) is 49.3 Å². The van der Waals surface area contributed by atoms with Gasteiger partial charge in [0.05, 0.1) is 12.7 Å². The molecule has 0 atom stereocenters. The van der Waals surface area contributed by atoms with Crippen LogP contribution in [0, 0.1) is 11.3 Å². The van der Waals surface area contributed by atoms with Crippen molar-refractivity contribution in [3.8, 4) is 11.8 Å². The van der Waals surface area contributed by atoms with Crippen LogP contribution in [-0.4, -0.2) is 33.3 Å². The summed E-state index contributed by atoms with van der Waals surface area (Å²) in [7, 11) is 1.60. The lowest BCUT2D eigenvalue weighted by Crippen LogP contribution is -2.46. The minimum atomic E-state index is 0.566. The van der Waals surface area contributed by atoms with E-state index in [0.717, 1.165) is 37.6 Å². The van der Waals surface area contributed by atoms with Crippen molar-refractivity contribution in [2.45, 2.75) is 0 Å². The van der Waals surface area contributed by atoms with Gasteiger partial charge in [-0.15, -0.1) is 0 Å². The second kappa shape index (κ2) is 6.49. The van der Waals surface area contributed by atoms with Crippen LogP contribution in [0.3, 0.4) is 0 Å². The Bertz CT molecular complexity index is 713. The van der Waals surface area contributed by atoms with Crippen molar-refractivity contribution < 1.29 is 4.74 Å². The molecule has 5 nitrogen and oxygen atoms in total. The number of anilines is 3. The first-order chi connectivity index (χ1) is 11.2. The number of benzene rings is 2. The number of nitriles is 1. The molecule has 1 fully saturated rings. The van der Waals surface area contributed by atoms with Crippen molar-refractivity contribution in [1.29, 1.82) is 5.26 Å². The Morgan fingerprint density at radius 3 is 2.09 bits per heavy atom. The maximum atomic E-state index is 9.07. The van der Waals surface area contributed by atoms with Crippen LogP contribution in [0.15, 0.2) is 42.5 Å². The summed E-state index contributed by atoms with van der Waals surface area (Å²) in [5, 5.41) is 9.07. The molecule has 2 aromatic carbocycles. The molecule has 5 heteroatoms. The molecule has 2 N–H and O–H groups in total. The van der Waals surface area contributed by atoms with Crippen molar-refractivity contribution in [1.82, 2.24) is 0 Å². The molecule has 0 radical (unpaired) electrons. The zero-order valence-electron chi connectivity index (χ0n) is 13.2. The number of hydrogen-bond donors (Lipinski definition) is 1. The third kappa shape index (κ3) is 3.16. The molecule has 1 aliphatic heterocycles. The summed E-state index contributed by atoms with van der Waals surface area (Å²) in [6, 6.07) is 15.9. The van der Waals surface area contributed by atoms with E-state index in [9.17, 15) is 0 Å². The van der Waals surface area contributed by atoms with E-state index >= 15 is 0 Å². The monoisotopic (exact) mass is 308 g/mol.